The van der Waals surface area contributed by atoms with Gasteiger partial charge in [-0.3, -0.25) is 4.79 Å². The SMILES string of the molecule is CC(C)CCC(C)NC(=O)CSc1nnc(-c2ccccc2)c(-c2ccccc2)n1. The lowest BCUT2D eigenvalue weighted by Gasteiger charge is -2.15. The Labute approximate surface area is 182 Å². The van der Waals surface area contributed by atoms with Gasteiger partial charge in [0.25, 0.3) is 0 Å². The molecule has 0 saturated heterocycles. The normalized spacial score (nSPS) is 12.0. The minimum Gasteiger partial charge on any atom is -0.353 e. The molecule has 0 radical (unpaired) electrons. The lowest BCUT2D eigenvalue weighted by Crippen LogP contribution is -2.34. The fraction of sp³-hybridized carbons (Fsp3) is 0.333. The Morgan fingerprint density at radius 1 is 0.867 bits per heavy atom. The molecule has 0 saturated carbocycles. The van der Waals surface area contributed by atoms with Gasteiger partial charge in [-0.1, -0.05) is 86.3 Å². The third-order valence-corrected chi connectivity index (χ3v) is 5.52. The van der Waals surface area contributed by atoms with E-state index in [1.54, 1.807) is 0 Å². The summed E-state index contributed by atoms with van der Waals surface area (Å²) >= 11 is 1.31. The summed E-state index contributed by atoms with van der Waals surface area (Å²) in [4.78, 5) is 17.0. The highest BCUT2D eigenvalue weighted by Crippen LogP contribution is 2.29. The Morgan fingerprint density at radius 3 is 2.07 bits per heavy atom. The highest BCUT2D eigenvalue weighted by atomic mass is 32.2. The maximum atomic E-state index is 12.3. The predicted molar refractivity (Wildman–Crippen MR) is 123 cm³/mol. The van der Waals surface area contributed by atoms with Crippen molar-refractivity contribution in [3.05, 3.63) is 60.7 Å². The van der Waals surface area contributed by atoms with Crippen molar-refractivity contribution in [2.45, 2.75) is 44.8 Å². The Kier molecular flexibility index (Phi) is 7.97. The number of rotatable bonds is 9. The molecule has 1 heterocycles. The van der Waals surface area contributed by atoms with Gasteiger partial charge in [0.1, 0.15) is 11.4 Å². The molecule has 0 spiro atoms. The molecule has 2 aromatic carbocycles. The van der Waals surface area contributed by atoms with Gasteiger partial charge >= 0.3 is 0 Å². The first kappa shape index (κ1) is 22.0. The van der Waals surface area contributed by atoms with Gasteiger partial charge in [0, 0.05) is 17.2 Å². The molecule has 1 N–H and O–H groups in total. The number of carbonyl (C=O) groups is 1. The molecule has 0 aliphatic carbocycles. The maximum Gasteiger partial charge on any atom is 0.230 e. The van der Waals surface area contributed by atoms with Crippen molar-refractivity contribution in [3.8, 4) is 22.5 Å². The van der Waals surface area contributed by atoms with E-state index in [0.717, 1.165) is 35.4 Å². The smallest absolute Gasteiger partial charge is 0.230 e. The van der Waals surface area contributed by atoms with Crippen molar-refractivity contribution < 1.29 is 4.79 Å². The Morgan fingerprint density at radius 2 is 1.47 bits per heavy atom. The summed E-state index contributed by atoms with van der Waals surface area (Å²) in [6, 6.07) is 20.0. The molecule has 3 rings (SSSR count). The van der Waals surface area contributed by atoms with Crippen LogP contribution in [0.15, 0.2) is 65.8 Å². The van der Waals surface area contributed by atoms with E-state index in [0.29, 0.717) is 11.1 Å². The maximum absolute atomic E-state index is 12.3. The van der Waals surface area contributed by atoms with Gasteiger partial charge < -0.3 is 5.32 Å². The predicted octanol–water partition coefficient (Wildman–Crippen LogP) is 5.24. The van der Waals surface area contributed by atoms with E-state index in [2.05, 4.69) is 29.4 Å². The first-order chi connectivity index (χ1) is 14.5. The second-order valence-electron chi connectivity index (χ2n) is 7.75. The number of aromatic nitrogens is 3. The van der Waals surface area contributed by atoms with Gasteiger partial charge in [0.05, 0.1) is 5.75 Å². The zero-order chi connectivity index (χ0) is 21.3. The third-order valence-electron chi connectivity index (χ3n) is 4.68. The Bertz CT molecular complexity index is 948. The first-order valence-electron chi connectivity index (χ1n) is 10.3. The van der Waals surface area contributed by atoms with E-state index in [-0.39, 0.29) is 17.7 Å². The molecule has 0 bridgehead atoms. The topological polar surface area (TPSA) is 67.8 Å². The summed E-state index contributed by atoms with van der Waals surface area (Å²) in [6.45, 7) is 6.43. The standard InChI is InChI=1S/C24H28N4OS/c1-17(2)14-15-18(3)25-21(29)16-30-24-26-22(19-10-6-4-7-11-19)23(27-28-24)20-12-8-5-9-13-20/h4-13,17-18H,14-16H2,1-3H3,(H,25,29). The van der Waals surface area contributed by atoms with Gasteiger partial charge in [-0.05, 0) is 25.7 Å². The van der Waals surface area contributed by atoms with Crippen LogP contribution in [0.2, 0.25) is 0 Å². The molecule has 5 nitrogen and oxygen atoms in total. The minimum absolute atomic E-state index is 0.00625. The van der Waals surface area contributed by atoms with Crippen LogP contribution in [0.25, 0.3) is 22.5 Å². The van der Waals surface area contributed by atoms with Gasteiger partial charge in [0.15, 0.2) is 0 Å². The van der Waals surface area contributed by atoms with Crippen LogP contribution in [0, 0.1) is 5.92 Å². The summed E-state index contributed by atoms with van der Waals surface area (Å²) in [6.07, 6.45) is 2.08. The van der Waals surface area contributed by atoms with E-state index >= 15 is 0 Å². The molecule has 1 unspecified atom stereocenters. The molecule has 3 aromatic rings. The molecular formula is C24H28N4OS. The number of hydrogen-bond acceptors (Lipinski definition) is 5. The van der Waals surface area contributed by atoms with Crippen molar-refractivity contribution >= 4 is 17.7 Å². The van der Waals surface area contributed by atoms with Gasteiger partial charge in [-0.2, -0.15) is 0 Å². The summed E-state index contributed by atoms with van der Waals surface area (Å²) in [5.74, 6) is 0.901. The molecule has 1 aromatic heterocycles. The van der Waals surface area contributed by atoms with Crippen LogP contribution in [0.3, 0.4) is 0 Å². The van der Waals surface area contributed by atoms with Crippen molar-refractivity contribution in [3.63, 3.8) is 0 Å². The van der Waals surface area contributed by atoms with Crippen molar-refractivity contribution in [2.75, 3.05) is 5.75 Å². The van der Waals surface area contributed by atoms with E-state index in [1.165, 1.54) is 11.8 Å². The van der Waals surface area contributed by atoms with Crippen LogP contribution in [-0.2, 0) is 4.79 Å². The van der Waals surface area contributed by atoms with E-state index in [1.807, 2.05) is 67.6 Å². The number of carbonyl (C=O) groups excluding carboxylic acids is 1. The fourth-order valence-corrected chi connectivity index (χ4v) is 3.66. The molecule has 0 aliphatic rings. The second-order valence-corrected chi connectivity index (χ2v) is 8.69. The van der Waals surface area contributed by atoms with Crippen molar-refractivity contribution in [1.29, 1.82) is 0 Å². The van der Waals surface area contributed by atoms with Crippen LogP contribution in [0.1, 0.15) is 33.6 Å². The second kappa shape index (κ2) is 10.9. The van der Waals surface area contributed by atoms with Crippen LogP contribution in [0.5, 0.6) is 0 Å². The summed E-state index contributed by atoms with van der Waals surface area (Å²) in [5.41, 5.74) is 3.44. The first-order valence-corrected chi connectivity index (χ1v) is 11.3. The Hall–Kier alpha value is -2.73. The number of thioether (sulfide) groups is 1. The minimum atomic E-state index is -0.00625. The zero-order valence-electron chi connectivity index (χ0n) is 17.7. The molecule has 30 heavy (non-hydrogen) atoms. The largest absolute Gasteiger partial charge is 0.353 e. The van der Waals surface area contributed by atoms with Crippen molar-refractivity contribution in [1.82, 2.24) is 20.5 Å². The van der Waals surface area contributed by atoms with Crippen LogP contribution < -0.4 is 5.32 Å². The molecule has 0 aliphatic heterocycles. The van der Waals surface area contributed by atoms with E-state index < -0.39 is 0 Å². The summed E-state index contributed by atoms with van der Waals surface area (Å²) in [7, 11) is 0. The van der Waals surface area contributed by atoms with E-state index in [9.17, 15) is 4.79 Å². The van der Waals surface area contributed by atoms with E-state index in [4.69, 9.17) is 4.98 Å². The van der Waals surface area contributed by atoms with Crippen LogP contribution >= 0.6 is 11.8 Å². The van der Waals surface area contributed by atoms with Crippen LogP contribution in [-0.4, -0.2) is 32.9 Å². The number of amides is 1. The molecule has 1 amide bonds. The Balaban J connectivity index is 1.73. The quantitative estimate of drug-likeness (QED) is 0.480. The monoisotopic (exact) mass is 420 g/mol. The average molecular weight is 421 g/mol. The molecular weight excluding hydrogens is 392 g/mol. The van der Waals surface area contributed by atoms with Gasteiger partial charge in [-0.15, -0.1) is 10.2 Å². The number of hydrogen-bond donors (Lipinski definition) is 1. The molecule has 1 atom stereocenters. The van der Waals surface area contributed by atoms with Gasteiger partial charge in [0.2, 0.25) is 11.1 Å². The lowest BCUT2D eigenvalue weighted by molar-refractivity contribution is -0.119. The molecule has 156 valence electrons. The lowest BCUT2D eigenvalue weighted by atomic mass is 10.0. The summed E-state index contributed by atoms with van der Waals surface area (Å²) in [5, 5.41) is 12.3. The third kappa shape index (κ3) is 6.39. The highest BCUT2D eigenvalue weighted by molar-refractivity contribution is 7.99. The number of nitrogens with one attached hydrogen (secondary N) is 1. The van der Waals surface area contributed by atoms with Crippen LogP contribution in [0.4, 0.5) is 0 Å². The average Bonchev–Trinajstić information content (AvgIpc) is 2.77. The molecule has 6 heteroatoms. The highest BCUT2D eigenvalue weighted by Gasteiger charge is 2.15. The number of benzene rings is 2. The zero-order valence-corrected chi connectivity index (χ0v) is 18.5. The molecule has 0 fully saturated rings. The van der Waals surface area contributed by atoms with Crippen molar-refractivity contribution in [2.24, 2.45) is 5.92 Å². The number of nitrogens with zero attached hydrogens (tertiary/aromatic N) is 3. The summed E-state index contributed by atoms with van der Waals surface area (Å²) < 4.78 is 0. The fourth-order valence-electron chi connectivity index (χ4n) is 3.06. The van der Waals surface area contributed by atoms with Gasteiger partial charge in [-0.25, -0.2) is 4.98 Å².